The summed E-state index contributed by atoms with van der Waals surface area (Å²) in [6.45, 7) is 0. The minimum absolute atomic E-state index is 0.125. The van der Waals surface area contributed by atoms with E-state index in [2.05, 4.69) is 4.98 Å². The monoisotopic (exact) mass is 218 g/mol. The first-order valence-electron chi connectivity index (χ1n) is 3.63. The lowest BCUT2D eigenvalue weighted by Crippen LogP contribution is -2.11. The van der Waals surface area contributed by atoms with E-state index in [1.807, 2.05) is 0 Å². The number of H-pyrrole nitrogens is 1. The van der Waals surface area contributed by atoms with Crippen LogP contribution in [0.15, 0.2) is 10.9 Å². The summed E-state index contributed by atoms with van der Waals surface area (Å²) < 4.78 is 24.9. The van der Waals surface area contributed by atoms with Gasteiger partial charge in [0.2, 0.25) is 5.56 Å². The molecular weight excluding hydrogens is 214 g/mol. The van der Waals surface area contributed by atoms with Gasteiger partial charge in [0, 0.05) is 11.8 Å². The van der Waals surface area contributed by atoms with E-state index in [-0.39, 0.29) is 17.1 Å². The smallest absolute Gasteiger partial charge is 0.267 e. The van der Waals surface area contributed by atoms with Gasteiger partial charge in [0.05, 0.1) is 23.1 Å². The SMILES string of the molecule is N#CCc1[nH]c(=O)cc(Cl)c1C(F)F. The molecule has 0 saturated heterocycles. The molecule has 0 saturated carbocycles. The Morgan fingerprint density at radius 2 is 2.29 bits per heavy atom. The third-order valence-corrected chi connectivity index (χ3v) is 1.90. The van der Waals surface area contributed by atoms with Crippen LogP contribution in [0.4, 0.5) is 8.78 Å². The second kappa shape index (κ2) is 4.20. The summed E-state index contributed by atoms with van der Waals surface area (Å²) in [5, 5.41) is 8.04. The van der Waals surface area contributed by atoms with E-state index in [9.17, 15) is 13.6 Å². The Bertz CT molecular complexity index is 436. The second-order valence-electron chi connectivity index (χ2n) is 2.51. The summed E-state index contributed by atoms with van der Waals surface area (Å²) >= 11 is 5.46. The van der Waals surface area contributed by atoms with Gasteiger partial charge in [-0.05, 0) is 0 Å². The molecule has 0 atom stereocenters. The molecule has 74 valence electrons. The predicted molar refractivity (Wildman–Crippen MR) is 46.3 cm³/mol. The average molecular weight is 219 g/mol. The molecule has 0 bridgehead atoms. The Labute approximate surface area is 82.9 Å². The van der Waals surface area contributed by atoms with Crippen molar-refractivity contribution >= 4 is 11.6 Å². The Kier molecular flexibility index (Phi) is 3.20. The van der Waals surface area contributed by atoms with Crippen molar-refractivity contribution in [3.63, 3.8) is 0 Å². The summed E-state index contributed by atoms with van der Waals surface area (Å²) in [4.78, 5) is 13.0. The van der Waals surface area contributed by atoms with E-state index in [0.717, 1.165) is 6.07 Å². The topological polar surface area (TPSA) is 56.6 Å². The minimum Gasteiger partial charge on any atom is -0.325 e. The van der Waals surface area contributed by atoms with E-state index in [4.69, 9.17) is 16.9 Å². The van der Waals surface area contributed by atoms with Crippen LogP contribution in [0.5, 0.6) is 0 Å². The summed E-state index contributed by atoms with van der Waals surface area (Å²) in [5.41, 5.74) is -1.20. The number of nitriles is 1. The molecule has 1 heterocycles. The Hall–Kier alpha value is -1.41. The van der Waals surface area contributed by atoms with Crippen molar-refractivity contribution in [2.75, 3.05) is 0 Å². The zero-order chi connectivity index (χ0) is 10.7. The van der Waals surface area contributed by atoms with Crippen LogP contribution in [-0.4, -0.2) is 4.98 Å². The Morgan fingerprint density at radius 1 is 1.64 bits per heavy atom. The summed E-state index contributed by atoms with van der Waals surface area (Å²) in [7, 11) is 0. The molecule has 0 amide bonds. The number of aromatic nitrogens is 1. The number of hydrogen-bond donors (Lipinski definition) is 1. The molecule has 0 fully saturated rings. The van der Waals surface area contributed by atoms with Crippen molar-refractivity contribution in [3.8, 4) is 6.07 Å². The van der Waals surface area contributed by atoms with Crippen LogP contribution in [0.1, 0.15) is 17.7 Å². The molecule has 0 radical (unpaired) electrons. The van der Waals surface area contributed by atoms with E-state index in [0.29, 0.717) is 0 Å². The normalized spacial score (nSPS) is 10.2. The lowest BCUT2D eigenvalue weighted by atomic mass is 10.1. The lowest BCUT2D eigenvalue weighted by Gasteiger charge is -2.06. The summed E-state index contributed by atoms with van der Waals surface area (Å²) in [6.07, 6.45) is -3.10. The standard InChI is InChI=1S/C8H5ClF2N2O/c9-4-3-6(14)13-5(1-2-12)7(4)8(10)11/h3,8H,1H2,(H,13,14). The van der Waals surface area contributed by atoms with Gasteiger partial charge in [0.1, 0.15) is 0 Å². The fourth-order valence-corrected chi connectivity index (χ4v) is 1.34. The molecule has 1 rings (SSSR count). The number of nitrogens with zero attached hydrogens (tertiary/aromatic N) is 1. The maximum Gasteiger partial charge on any atom is 0.267 e. The summed E-state index contributed by atoms with van der Waals surface area (Å²) in [6, 6.07) is 2.54. The van der Waals surface area contributed by atoms with Gasteiger partial charge >= 0.3 is 0 Å². The van der Waals surface area contributed by atoms with Gasteiger partial charge in [-0.15, -0.1) is 0 Å². The quantitative estimate of drug-likeness (QED) is 0.826. The van der Waals surface area contributed by atoms with Gasteiger partial charge in [-0.25, -0.2) is 8.78 Å². The zero-order valence-corrected chi connectivity index (χ0v) is 7.61. The summed E-state index contributed by atoms with van der Waals surface area (Å²) in [5.74, 6) is 0. The fraction of sp³-hybridized carbons (Fsp3) is 0.250. The van der Waals surface area contributed by atoms with Crippen LogP contribution in [0.3, 0.4) is 0 Å². The number of aromatic amines is 1. The number of nitrogens with one attached hydrogen (secondary N) is 1. The van der Waals surface area contributed by atoms with Gasteiger partial charge in [-0.2, -0.15) is 5.26 Å². The van der Waals surface area contributed by atoms with Crippen molar-refractivity contribution < 1.29 is 8.78 Å². The van der Waals surface area contributed by atoms with Crippen LogP contribution in [0.25, 0.3) is 0 Å². The highest BCUT2D eigenvalue weighted by Gasteiger charge is 2.18. The van der Waals surface area contributed by atoms with Gasteiger partial charge < -0.3 is 4.98 Å². The number of alkyl halides is 2. The van der Waals surface area contributed by atoms with E-state index < -0.39 is 17.5 Å². The van der Waals surface area contributed by atoms with Crippen molar-refractivity contribution in [3.05, 3.63) is 32.7 Å². The predicted octanol–water partition coefficient (Wildman–Crippen LogP) is 2.03. The highest BCUT2D eigenvalue weighted by Crippen LogP contribution is 2.27. The maximum atomic E-state index is 12.4. The van der Waals surface area contributed by atoms with Crippen LogP contribution in [0.2, 0.25) is 5.02 Å². The van der Waals surface area contributed by atoms with Crippen LogP contribution in [-0.2, 0) is 6.42 Å². The number of rotatable bonds is 2. The van der Waals surface area contributed by atoms with Gasteiger partial charge in [-0.3, -0.25) is 4.79 Å². The minimum atomic E-state index is -2.80. The molecule has 0 aliphatic carbocycles. The highest BCUT2D eigenvalue weighted by molar-refractivity contribution is 6.31. The second-order valence-corrected chi connectivity index (χ2v) is 2.92. The first kappa shape index (κ1) is 10.7. The molecule has 0 unspecified atom stereocenters. The fourth-order valence-electron chi connectivity index (χ4n) is 1.04. The van der Waals surface area contributed by atoms with Crippen molar-refractivity contribution in [1.82, 2.24) is 4.98 Å². The molecule has 0 aliphatic rings. The van der Waals surface area contributed by atoms with Crippen LogP contribution < -0.4 is 5.56 Å². The number of hydrogen-bond acceptors (Lipinski definition) is 2. The van der Waals surface area contributed by atoms with E-state index in [1.54, 1.807) is 6.07 Å². The molecule has 1 aromatic heterocycles. The number of halogens is 3. The van der Waals surface area contributed by atoms with Crippen LogP contribution >= 0.6 is 11.6 Å². The maximum absolute atomic E-state index is 12.4. The molecule has 3 nitrogen and oxygen atoms in total. The van der Waals surface area contributed by atoms with Gasteiger partial charge in [0.25, 0.3) is 6.43 Å². The largest absolute Gasteiger partial charge is 0.325 e. The molecule has 1 N–H and O–H groups in total. The molecule has 14 heavy (non-hydrogen) atoms. The van der Waals surface area contributed by atoms with Crippen LogP contribution in [0, 0.1) is 11.3 Å². The molecule has 6 heteroatoms. The molecule has 0 spiro atoms. The van der Waals surface area contributed by atoms with E-state index >= 15 is 0 Å². The lowest BCUT2D eigenvalue weighted by molar-refractivity contribution is 0.150. The first-order chi connectivity index (χ1) is 6.56. The zero-order valence-electron chi connectivity index (χ0n) is 6.85. The Balaban J connectivity index is 3.38. The highest BCUT2D eigenvalue weighted by atomic mass is 35.5. The molecule has 1 aromatic rings. The molecule has 0 aliphatic heterocycles. The van der Waals surface area contributed by atoms with Gasteiger partial charge in [0.15, 0.2) is 0 Å². The third-order valence-electron chi connectivity index (χ3n) is 1.59. The number of pyridine rings is 1. The average Bonchev–Trinajstić information content (AvgIpc) is 2.01. The first-order valence-corrected chi connectivity index (χ1v) is 4.00. The molecule has 0 aromatic carbocycles. The van der Waals surface area contributed by atoms with Crippen molar-refractivity contribution in [1.29, 1.82) is 5.26 Å². The Morgan fingerprint density at radius 3 is 2.79 bits per heavy atom. The third kappa shape index (κ3) is 2.09. The van der Waals surface area contributed by atoms with Crippen molar-refractivity contribution in [2.45, 2.75) is 12.8 Å². The van der Waals surface area contributed by atoms with Gasteiger partial charge in [-0.1, -0.05) is 11.6 Å². The van der Waals surface area contributed by atoms with E-state index in [1.165, 1.54) is 0 Å². The van der Waals surface area contributed by atoms with Crippen molar-refractivity contribution in [2.24, 2.45) is 0 Å². The molecular formula is C8H5ClF2N2O.